The molecule has 0 aromatic heterocycles. The largest absolute Gasteiger partial charge is 0.348 e. The summed E-state index contributed by atoms with van der Waals surface area (Å²) in [7, 11) is 0. The Labute approximate surface area is 110 Å². The molecule has 1 aliphatic rings. The normalized spacial score (nSPS) is 21.5. The summed E-state index contributed by atoms with van der Waals surface area (Å²) in [6.07, 6.45) is 2.57. The highest BCUT2D eigenvalue weighted by molar-refractivity contribution is 6.59. The van der Waals surface area contributed by atoms with E-state index in [1.807, 2.05) is 6.92 Å². The fourth-order valence-corrected chi connectivity index (χ4v) is 1.79. The van der Waals surface area contributed by atoms with Gasteiger partial charge in [0.2, 0.25) is 0 Å². The summed E-state index contributed by atoms with van der Waals surface area (Å²) in [6, 6.07) is -0.586. The minimum absolute atomic E-state index is 0.0976. The molecular formula is C11H17N5O3. The summed E-state index contributed by atoms with van der Waals surface area (Å²) in [5, 5.41) is 21.0. The Balaban J connectivity index is 2.73. The van der Waals surface area contributed by atoms with Crippen LogP contribution in [0.2, 0.25) is 0 Å². The van der Waals surface area contributed by atoms with Crippen LogP contribution in [0.15, 0.2) is 0 Å². The molecule has 1 rings (SSSR count). The van der Waals surface area contributed by atoms with Gasteiger partial charge in [-0.25, -0.2) is 4.79 Å². The molecule has 1 unspecified atom stereocenters. The minimum Gasteiger partial charge on any atom is -0.348 e. The summed E-state index contributed by atoms with van der Waals surface area (Å²) in [4.78, 5) is 34.5. The molecule has 8 heteroatoms. The predicted octanol–water partition coefficient (Wildman–Crippen LogP) is -0.460. The van der Waals surface area contributed by atoms with Gasteiger partial charge >= 0.3 is 6.03 Å². The Kier molecular flexibility index (Phi) is 4.74. The third-order valence-corrected chi connectivity index (χ3v) is 2.91. The van der Waals surface area contributed by atoms with Crippen LogP contribution < -0.4 is 16.0 Å². The monoisotopic (exact) mass is 267 g/mol. The van der Waals surface area contributed by atoms with Crippen molar-refractivity contribution in [2.45, 2.75) is 31.7 Å². The highest BCUT2D eigenvalue weighted by Crippen LogP contribution is 2.18. The molecule has 0 bridgehead atoms. The first-order chi connectivity index (χ1) is 8.95. The van der Waals surface area contributed by atoms with Gasteiger partial charge in [0, 0.05) is 6.21 Å². The summed E-state index contributed by atoms with van der Waals surface area (Å²) < 4.78 is 0. The fraction of sp³-hybridized carbons (Fsp3) is 0.545. The van der Waals surface area contributed by atoms with Gasteiger partial charge in [0.25, 0.3) is 11.8 Å². The van der Waals surface area contributed by atoms with Crippen molar-refractivity contribution in [1.29, 1.82) is 10.8 Å². The molecule has 1 aliphatic heterocycles. The van der Waals surface area contributed by atoms with E-state index in [1.54, 1.807) is 0 Å². The number of nitrogens with one attached hydrogen (secondary N) is 5. The first-order valence-corrected chi connectivity index (χ1v) is 5.96. The van der Waals surface area contributed by atoms with Crippen LogP contribution in [-0.4, -0.2) is 41.9 Å². The van der Waals surface area contributed by atoms with Gasteiger partial charge in [-0.15, -0.1) is 0 Å². The molecule has 0 aromatic rings. The third-order valence-electron chi connectivity index (χ3n) is 2.91. The second-order valence-corrected chi connectivity index (χ2v) is 4.33. The number of carbonyl (C=O) groups excluding carboxylic acids is 3. The first-order valence-electron chi connectivity index (χ1n) is 5.96. The topological polar surface area (TPSA) is 135 Å². The number of carbonyl (C=O) groups is 3. The van der Waals surface area contributed by atoms with Gasteiger partial charge < -0.3 is 16.0 Å². The fourth-order valence-electron chi connectivity index (χ4n) is 1.79. The zero-order valence-corrected chi connectivity index (χ0v) is 10.6. The number of hydrogen-bond acceptors (Lipinski definition) is 5. The van der Waals surface area contributed by atoms with E-state index in [-0.39, 0.29) is 6.54 Å². The molecular weight excluding hydrogens is 250 g/mol. The maximum absolute atomic E-state index is 11.8. The lowest BCUT2D eigenvalue weighted by molar-refractivity contribution is -0.124. The van der Waals surface area contributed by atoms with Crippen LogP contribution in [0.4, 0.5) is 4.79 Å². The SMILES string of the molecule is CCCCC1(CNC(=O)C(=N)C=N)NC(=O)NC1=O. The highest BCUT2D eigenvalue weighted by Gasteiger charge is 2.45. The number of unbranched alkanes of at least 4 members (excludes halogenated alkanes) is 1. The van der Waals surface area contributed by atoms with Crippen LogP contribution in [0.25, 0.3) is 0 Å². The zero-order chi connectivity index (χ0) is 14.5. The standard InChI is InChI=1S/C11H17N5O3/c1-2-3-4-11(9(18)15-10(19)16-11)6-14-8(17)7(13)5-12/h5,12-13H,2-4,6H2,1H3,(H,14,17)(H2,15,16,18,19). The van der Waals surface area contributed by atoms with Gasteiger partial charge in [-0.3, -0.25) is 20.3 Å². The lowest BCUT2D eigenvalue weighted by atomic mass is 9.92. The first kappa shape index (κ1) is 14.8. The predicted molar refractivity (Wildman–Crippen MR) is 68.5 cm³/mol. The molecule has 5 N–H and O–H groups in total. The number of imide groups is 1. The minimum atomic E-state index is -1.16. The van der Waals surface area contributed by atoms with Crippen LogP contribution in [-0.2, 0) is 9.59 Å². The van der Waals surface area contributed by atoms with Crippen LogP contribution in [0.5, 0.6) is 0 Å². The van der Waals surface area contributed by atoms with E-state index < -0.39 is 29.1 Å². The Hall–Kier alpha value is -2.25. The zero-order valence-electron chi connectivity index (χ0n) is 10.6. The molecule has 0 aliphatic carbocycles. The third kappa shape index (κ3) is 3.36. The van der Waals surface area contributed by atoms with Crippen molar-refractivity contribution >= 4 is 29.8 Å². The molecule has 104 valence electrons. The number of hydrogen-bond donors (Lipinski definition) is 5. The van der Waals surface area contributed by atoms with Gasteiger partial charge in [-0.1, -0.05) is 19.8 Å². The Morgan fingerprint density at radius 2 is 2.16 bits per heavy atom. The molecule has 4 amide bonds. The van der Waals surface area contributed by atoms with E-state index >= 15 is 0 Å². The second kappa shape index (κ2) is 6.07. The molecule has 1 fully saturated rings. The van der Waals surface area contributed by atoms with Crippen molar-refractivity contribution in [2.24, 2.45) is 0 Å². The van der Waals surface area contributed by atoms with Gasteiger partial charge in [0.15, 0.2) is 0 Å². The molecule has 19 heavy (non-hydrogen) atoms. The molecule has 0 aromatic carbocycles. The van der Waals surface area contributed by atoms with E-state index in [0.717, 1.165) is 6.42 Å². The Bertz CT molecular complexity index is 434. The highest BCUT2D eigenvalue weighted by atomic mass is 16.2. The van der Waals surface area contributed by atoms with Gasteiger partial charge in [-0.05, 0) is 6.42 Å². The van der Waals surface area contributed by atoms with E-state index in [2.05, 4.69) is 16.0 Å². The smallest absolute Gasteiger partial charge is 0.322 e. The quantitative estimate of drug-likeness (QED) is 0.315. The number of urea groups is 1. The Morgan fingerprint density at radius 1 is 1.47 bits per heavy atom. The average molecular weight is 267 g/mol. The van der Waals surface area contributed by atoms with E-state index in [4.69, 9.17) is 10.8 Å². The summed E-state index contributed by atoms with van der Waals surface area (Å²) in [6.45, 7) is 1.85. The molecule has 0 radical (unpaired) electrons. The molecule has 0 saturated carbocycles. The Morgan fingerprint density at radius 3 is 2.63 bits per heavy atom. The lowest BCUT2D eigenvalue weighted by Gasteiger charge is -2.26. The van der Waals surface area contributed by atoms with E-state index in [1.165, 1.54) is 0 Å². The van der Waals surface area contributed by atoms with E-state index in [0.29, 0.717) is 19.1 Å². The van der Waals surface area contributed by atoms with Crippen LogP contribution in [0.3, 0.4) is 0 Å². The number of amides is 4. The van der Waals surface area contributed by atoms with Gasteiger partial charge in [0.1, 0.15) is 11.3 Å². The molecule has 1 heterocycles. The maximum Gasteiger partial charge on any atom is 0.322 e. The molecule has 1 atom stereocenters. The van der Waals surface area contributed by atoms with Crippen LogP contribution in [0, 0.1) is 10.8 Å². The van der Waals surface area contributed by atoms with Gasteiger partial charge in [-0.2, -0.15) is 0 Å². The van der Waals surface area contributed by atoms with Crippen molar-refractivity contribution in [3.63, 3.8) is 0 Å². The van der Waals surface area contributed by atoms with Crippen LogP contribution in [0.1, 0.15) is 26.2 Å². The number of rotatable bonds is 7. The summed E-state index contributed by atoms with van der Waals surface area (Å²) in [5.41, 5.74) is -1.67. The van der Waals surface area contributed by atoms with Gasteiger partial charge in [0.05, 0.1) is 6.54 Å². The van der Waals surface area contributed by atoms with Crippen molar-refractivity contribution < 1.29 is 14.4 Å². The van der Waals surface area contributed by atoms with Crippen molar-refractivity contribution in [3.05, 3.63) is 0 Å². The van der Waals surface area contributed by atoms with Crippen molar-refractivity contribution in [3.8, 4) is 0 Å². The maximum atomic E-state index is 11.8. The van der Waals surface area contributed by atoms with E-state index in [9.17, 15) is 14.4 Å². The van der Waals surface area contributed by atoms with Crippen molar-refractivity contribution in [2.75, 3.05) is 6.54 Å². The molecule has 0 spiro atoms. The molecule has 8 nitrogen and oxygen atoms in total. The summed E-state index contributed by atoms with van der Waals surface area (Å²) >= 11 is 0. The summed E-state index contributed by atoms with van der Waals surface area (Å²) in [5.74, 6) is -1.23. The average Bonchev–Trinajstić information content (AvgIpc) is 2.67. The molecule has 1 saturated heterocycles. The second-order valence-electron chi connectivity index (χ2n) is 4.33. The van der Waals surface area contributed by atoms with Crippen LogP contribution >= 0.6 is 0 Å². The van der Waals surface area contributed by atoms with Crippen molar-refractivity contribution in [1.82, 2.24) is 16.0 Å². The lowest BCUT2D eigenvalue weighted by Crippen LogP contribution is -2.56.